The highest BCUT2D eigenvalue weighted by atomic mass is 32.1. The van der Waals surface area contributed by atoms with Crippen LogP contribution in [0.3, 0.4) is 0 Å². The number of aromatic nitrogens is 1. The summed E-state index contributed by atoms with van der Waals surface area (Å²) in [4.78, 5) is 44.9. The Balaban J connectivity index is 1.53. The van der Waals surface area contributed by atoms with Gasteiger partial charge in [-0.2, -0.15) is 0 Å². The zero-order valence-electron chi connectivity index (χ0n) is 22.9. The van der Waals surface area contributed by atoms with E-state index in [1.807, 2.05) is 0 Å². The first-order chi connectivity index (χ1) is 19.5. The lowest BCUT2D eigenvalue weighted by atomic mass is 9.99. The van der Waals surface area contributed by atoms with Crippen molar-refractivity contribution in [1.82, 2.24) is 20.5 Å². The first-order valence-corrected chi connectivity index (χ1v) is 13.8. The third-order valence-electron chi connectivity index (χ3n) is 6.82. The van der Waals surface area contributed by atoms with Crippen molar-refractivity contribution >= 4 is 29.1 Å². The molecule has 1 aliphatic rings. The van der Waals surface area contributed by atoms with Crippen LogP contribution in [0.25, 0.3) is 0 Å². The molecule has 0 bridgehead atoms. The Morgan fingerprint density at radius 1 is 1.15 bits per heavy atom. The van der Waals surface area contributed by atoms with Crippen LogP contribution in [0.15, 0.2) is 54.6 Å². The Bertz CT molecular complexity index is 1400. The van der Waals surface area contributed by atoms with Crippen LogP contribution >= 0.6 is 11.3 Å². The second-order valence-corrected chi connectivity index (χ2v) is 11.2. The Morgan fingerprint density at radius 2 is 1.85 bits per heavy atom. The molecular weight excluding hydrogens is 554 g/mol. The van der Waals surface area contributed by atoms with E-state index in [-0.39, 0.29) is 13.0 Å². The van der Waals surface area contributed by atoms with Gasteiger partial charge >= 0.3 is 0 Å². The minimum absolute atomic E-state index is 0.0307. The predicted molar refractivity (Wildman–Crippen MR) is 149 cm³/mol. The summed E-state index contributed by atoms with van der Waals surface area (Å²) < 4.78 is 34.3. The lowest BCUT2D eigenvalue weighted by Crippen LogP contribution is -2.55. The van der Waals surface area contributed by atoms with Gasteiger partial charge in [0.2, 0.25) is 5.91 Å². The van der Waals surface area contributed by atoms with Crippen LogP contribution in [0.4, 0.5) is 8.78 Å². The number of halogens is 2. The van der Waals surface area contributed by atoms with E-state index in [2.05, 4.69) is 15.6 Å². The summed E-state index contributed by atoms with van der Waals surface area (Å²) in [7, 11) is 1.50. The average molecular weight is 587 g/mol. The monoisotopic (exact) mass is 586 g/mol. The fourth-order valence-electron chi connectivity index (χ4n) is 4.80. The molecule has 1 aliphatic heterocycles. The van der Waals surface area contributed by atoms with Crippen LogP contribution in [0, 0.1) is 13.8 Å². The number of rotatable bonds is 10. The van der Waals surface area contributed by atoms with Crippen molar-refractivity contribution in [3.05, 3.63) is 81.3 Å². The normalized spacial score (nSPS) is 17.5. The number of nitrogens with one attached hydrogen (secondary N) is 2. The lowest BCUT2D eigenvalue weighted by molar-refractivity contribution is -0.147. The van der Waals surface area contributed by atoms with E-state index in [1.54, 1.807) is 68.4 Å². The third kappa shape index (κ3) is 7.44. The summed E-state index contributed by atoms with van der Waals surface area (Å²) in [6, 6.07) is 13.1. The number of hydrogen-bond donors (Lipinski definition) is 3. The number of aryl methyl sites for hydroxylation is 2. The Morgan fingerprint density at radius 3 is 2.51 bits per heavy atom. The zero-order chi connectivity index (χ0) is 29.7. The van der Waals surface area contributed by atoms with E-state index in [9.17, 15) is 28.3 Å². The highest BCUT2D eigenvalue weighted by molar-refractivity contribution is 7.13. The van der Waals surface area contributed by atoms with Crippen molar-refractivity contribution in [2.24, 2.45) is 0 Å². The highest BCUT2D eigenvalue weighted by Crippen LogP contribution is 2.33. The summed E-state index contributed by atoms with van der Waals surface area (Å²) in [5.41, 5.74) is 1.89. The minimum atomic E-state index is -3.33. The smallest absolute Gasteiger partial charge is 0.267 e. The SMILES string of the molecule is COc1cccc(CNC(=O)C2CC(F)(F)CN2C(=O)C(O)C(Cc2ccccc2)NC(=O)c2sc(C)nc2C)c1. The number of hydrogen-bond acceptors (Lipinski definition) is 7. The molecule has 0 saturated carbocycles. The lowest BCUT2D eigenvalue weighted by Gasteiger charge is -2.30. The van der Waals surface area contributed by atoms with Crippen molar-refractivity contribution in [3.8, 4) is 5.75 Å². The van der Waals surface area contributed by atoms with Crippen molar-refractivity contribution < 1.29 is 33.0 Å². The highest BCUT2D eigenvalue weighted by Gasteiger charge is 2.51. The number of aliphatic hydroxyl groups excluding tert-OH is 1. The molecule has 0 spiro atoms. The van der Waals surface area contributed by atoms with Gasteiger partial charge in [0.25, 0.3) is 17.7 Å². The molecule has 2 heterocycles. The minimum Gasteiger partial charge on any atom is -0.497 e. The standard InChI is InChI=1S/C29H32F2N4O5S/c1-17-25(41-18(2)33-17)27(38)34-22(13-19-8-5-4-6-9-19)24(36)28(39)35-16-29(30,31)14-23(35)26(37)32-15-20-10-7-11-21(12-20)40-3/h4-12,22-24,36H,13-16H2,1-3H3,(H,32,37)(H,34,38). The maximum absolute atomic E-state index is 14.6. The van der Waals surface area contributed by atoms with Crippen LogP contribution in [0.5, 0.6) is 5.75 Å². The average Bonchev–Trinajstić information content (AvgIpc) is 3.48. The molecule has 1 fully saturated rings. The molecule has 9 nitrogen and oxygen atoms in total. The van der Waals surface area contributed by atoms with E-state index in [0.29, 0.717) is 37.4 Å². The number of benzene rings is 2. The predicted octanol–water partition coefficient (Wildman–Crippen LogP) is 3.02. The zero-order valence-corrected chi connectivity index (χ0v) is 23.7. The first kappa shape index (κ1) is 30.1. The van der Waals surface area contributed by atoms with E-state index >= 15 is 0 Å². The first-order valence-electron chi connectivity index (χ1n) is 13.0. The largest absolute Gasteiger partial charge is 0.497 e. The number of nitrogens with zero attached hydrogens (tertiary/aromatic N) is 2. The summed E-state index contributed by atoms with van der Waals surface area (Å²) in [6.45, 7) is 2.43. The third-order valence-corrected chi connectivity index (χ3v) is 7.89. The molecule has 3 atom stereocenters. The van der Waals surface area contributed by atoms with Crippen LogP contribution in [-0.4, -0.2) is 70.5 Å². The summed E-state index contributed by atoms with van der Waals surface area (Å²) >= 11 is 1.17. The topological polar surface area (TPSA) is 121 Å². The molecule has 3 amide bonds. The number of thiazole rings is 1. The number of likely N-dealkylation sites (tertiary alicyclic amines) is 1. The molecule has 12 heteroatoms. The van der Waals surface area contributed by atoms with Crippen LogP contribution < -0.4 is 15.4 Å². The number of amides is 3. The van der Waals surface area contributed by atoms with Crippen LogP contribution in [-0.2, 0) is 22.6 Å². The molecule has 2 aromatic carbocycles. The van der Waals surface area contributed by atoms with Gasteiger partial charge in [-0.25, -0.2) is 13.8 Å². The fourth-order valence-corrected chi connectivity index (χ4v) is 5.62. The van der Waals surface area contributed by atoms with E-state index < -0.39 is 54.8 Å². The quantitative estimate of drug-likeness (QED) is 0.336. The fraction of sp³-hybridized carbons (Fsp3) is 0.379. The molecule has 1 saturated heterocycles. The molecule has 41 heavy (non-hydrogen) atoms. The number of aliphatic hydroxyl groups is 1. The van der Waals surface area contributed by atoms with Gasteiger partial charge < -0.3 is 25.4 Å². The summed E-state index contributed by atoms with van der Waals surface area (Å²) in [5.74, 6) is -5.14. The van der Waals surface area contributed by atoms with Gasteiger partial charge in [0.1, 0.15) is 16.7 Å². The number of ether oxygens (including phenoxy) is 1. The Hall–Kier alpha value is -3.90. The van der Waals surface area contributed by atoms with Gasteiger partial charge in [0.05, 0.1) is 30.4 Å². The van der Waals surface area contributed by atoms with Gasteiger partial charge in [-0.1, -0.05) is 42.5 Å². The molecular formula is C29H32F2N4O5S. The number of methoxy groups -OCH3 is 1. The maximum atomic E-state index is 14.6. The molecule has 0 aliphatic carbocycles. The molecule has 3 aromatic rings. The molecule has 218 valence electrons. The Labute approximate surface area is 240 Å². The van der Waals surface area contributed by atoms with Gasteiger partial charge in [-0.05, 0) is 43.5 Å². The van der Waals surface area contributed by atoms with Gasteiger partial charge in [-0.3, -0.25) is 14.4 Å². The van der Waals surface area contributed by atoms with Crippen molar-refractivity contribution in [2.45, 2.75) is 57.3 Å². The molecule has 3 unspecified atom stereocenters. The van der Waals surface area contributed by atoms with Gasteiger partial charge in [0, 0.05) is 13.0 Å². The molecule has 0 radical (unpaired) electrons. The van der Waals surface area contributed by atoms with Crippen molar-refractivity contribution in [2.75, 3.05) is 13.7 Å². The second kappa shape index (κ2) is 12.7. The van der Waals surface area contributed by atoms with E-state index in [4.69, 9.17) is 4.74 Å². The number of carbonyl (C=O) groups is 3. The van der Waals surface area contributed by atoms with E-state index in [1.165, 1.54) is 18.4 Å². The summed E-state index contributed by atoms with van der Waals surface area (Å²) in [5, 5.41) is 17.2. The molecule has 1 aromatic heterocycles. The Kier molecular flexibility index (Phi) is 9.34. The maximum Gasteiger partial charge on any atom is 0.267 e. The van der Waals surface area contributed by atoms with Crippen molar-refractivity contribution in [1.29, 1.82) is 0 Å². The van der Waals surface area contributed by atoms with Crippen LogP contribution in [0.1, 0.15) is 37.9 Å². The van der Waals surface area contributed by atoms with Gasteiger partial charge in [0.15, 0.2) is 6.10 Å². The number of alkyl halides is 2. The van der Waals surface area contributed by atoms with E-state index in [0.717, 1.165) is 0 Å². The van der Waals surface area contributed by atoms with Crippen molar-refractivity contribution in [3.63, 3.8) is 0 Å². The van der Waals surface area contributed by atoms with Crippen LogP contribution in [0.2, 0.25) is 0 Å². The molecule has 4 rings (SSSR count). The van der Waals surface area contributed by atoms with Gasteiger partial charge in [-0.15, -0.1) is 11.3 Å². The second-order valence-electron chi connectivity index (χ2n) is 9.97. The molecule has 3 N–H and O–H groups in total. The summed E-state index contributed by atoms with van der Waals surface area (Å²) in [6.07, 6.45) is -2.73. The number of carbonyl (C=O) groups excluding carboxylic acids is 3.